The van der Waals surface area contributed by atoms with Crippen molar-refractivity contribution in [2.24, 2.45) is 0 Å². The molecule has 0 atom stereocenters. The van der Waals surface area contributed by atoms with Gasteiger partial charge in [0.05, 0.1) is 0 Å². The molecular formula is C17H25NSi. The van der Waals surface area contributed by atoms with Gasteiger partial charge in [-0.15, -0.1) is 5.54 Å². The summed E-state index contributed by atoms with van der Waals surface area (Å²) in [7, 11) is 0.935. The number of benzene rings is 1. The number of nitrogens with zero attached hydrogens (tertiary/aromatic N) is 1. The van der Waals surface area contributed by atoms with Crippen LogP contribution < -0.4 is 0 Å². The van der Waals surface area contributed by atoms with Crippen molar-refractivity contribution in [1.29, 1.82) is 0 Å². The fraction of sp³-hybridized carbons (Fsp3) is 0.529. The van der Waals surface area contributed by atoms with Crippen LogP contribution in [0.4, 0.5) is 0 Å². The van der Waals surface area contributed by atoms with E-state index in [2.05, 4.69) is 68.2 Å². The molecule has 1 aliphatic carbocycles. The Morgan fingerprint density at radius 1 is 1.26 bits per heavy atom. The van der Waals surface area contributed by atoms with Crippen molar-refractivity contribution in [2.45, 2.75) is 52.0 Å². The Kier molecular flexibility index (Phi) is 4.18. The largest absolute Gasteiger partial charge is 0.299 e. The third-order valence-electron chi connectivity index (χ3n) is 3.48. The summed E-state index contributed by atoms with van der Waals surface area (Å²) in [6, 6.07) is 7.55. The highest BCUT2D eigenvalue weighted by molar-refractivity contribution is 6.83. The molecule has 2 heteroatoms. The Bertz CT molecular complexity index is 512. The normalized spacial score (nSPS) is 15.3. The molecule has 2 rings (SSSR count). The van der Waals surface area contributed by atoms with E-state index in [1.807, 2.05) is 0 Å². The summed E-state index contributed by atoms with van der Waals surface area (Å²) in [4.78, 5) is 2.46. The Morgan fingerprint density at radius 3 is 2.53 bits per heavy atom. The van der Waals surface area contributed by atoms with Gasteiger partial charge in [-0.1, -0.05) is 37.7 Å². The topological polar surface area (TPSA) is 3.24 Å². The van der Waals surface area contributed by atoms with Gasteiger partial charge in [-0.3, -0.25) is 4.90 Å². The monoisotopic (exact) mass is 271 g/mol. The molecule has 1 saturated carbocycles. The molecule has 102 valence electrons. The third kappa shape index (κ3) is 4.52. The maximum Gasteiger partial charge on any atom is 0.129 e. The number of rotatable bonds is 3. The van der Waals surface area contributed by atoms with Crippen LogP contribution in [0, 0.1) is 18.4 Å². The summed E-state index contributed by atoms with van der Waals surface area (Å²) in [5.74, 6) is 3.40. The fourth-order valence-corrected chi connectivity index (χ4v) is 2.60. The maximum atomic E-state index is 3.47. The van der Waals surface area contributed by atoms with E-state index in [-0.39, 0.29) is 0 Å². The van der Waals surface area contributed by atoms with Crippen molar-refractivity contribution in [1.82, 2.24) is 4.90 Å². The minimum atomic E-state index is -1.29. The molecule has 0 aliphatic heterocycles. The standard InChI is InChI=1S/C17H25NSi/c1-14-6-7-15(13-18(2)17-8-9-17)12-16(14)10-11-19(3,4)5/h6-7,12,17H,8-9,13H2,1-5H3. The Morgan fingerprint density at radius 2 is 1.95 bits per heavy atom. The van der Waals surface area contributed by atoms with E-state index < -0.39 is 8.07 Å². The zero-order valence-corrected chi connectivity index (χ0v) is 13.9. The van der Waals surface area contributed by atoms with Crippen molar-refractivity contribution < 1.29 is 0 Å². The molecule has 0 bridgehead atoms. The van der Waals surface area contributed by atoms with E-state index in [9.17, 15) is 0 Å². The lowest BCUT2D eigenvalue weighted by Gasteiger charge is -2.16. The molecule has 1 aromatic rings. The molecule has 0 spiro atoms. The molecule has 1 nitrogen and oxygen atoms in total. The van der Waals surface area contributed by atoms with Gasteiger partial charge in [0.25, 0.3) is 0 Å². The molecule has 0 radical (unpaired) electrons. The van der Waals surface area contributed by atoms with E-state index in [1.165, 1.54) is 29.5 Å². The minimum absolute atomic E-state index is 0.817. The highest BCUT2D eigenvalue weighted by Crippen LogP contribution is 2.26. The van der Waals surface area contributed by atoms with Gasteiger partial charge in [-0.25, -0.2) is 0 Å². The third-order valence-corrected chi connectivity index (χ3v) is 4.35. The van der Waals surface area contributed by atoms with Crippen molar-refractivity contribution >= 4 is 8.07 Å². The predicted octanol–water partition coefficient (Wildman–Crippen LogP) is 3.82. The van der Waals surface area contributed by atoms with Gasteiger partial charge in [0.15, 0.2) is 0 Å². The second kappa shape index (κ2) is 5.52. The van der Waals surface area contributed by atoms with Gasteiger partial charge in [0, 0.05) is 18.2 Å². The first-order valence-electron chi connectivity index (χ1n) is 7.18. The molecule has 0 amide bonds. The van der Waals surface area contributed by atoms with Crippen LogP contribution in [0.2, 0.25) is 19.6 Å². The second-order valence-electron chi connectivity index (χ2n) is 6.80. The quantitative estimate of drug-likeness (QED) is 0.597. The SMILES string of the molecule is Cc1ccc(CN(C)C2CC2)cc1C#C[Si](C)(C)C. The summed E-state index contributed by atoms with van der Waals surface area (Å²) in [5.41, 5.74) is 7.37. The highest BCUT2D eigenvalue weighted by atomic mass is 28.3. The molecule has 0 N–H and O–H groups in total. The summed E-state index contributed by atoms with van der Waals surface area (Å²) >= 11 is 0. The zero-order chi connectivity index (χ0) is 14.0. The minimum Gasteiger partial charge on any atom is -0.299 e. The van der Waals surface area contributed by atoms with Crippen molar-refractivity contribution in [2.75, 3.05) is 7.05 Å². The Labute approximate surface area is 119 Å². The van der Waals surface area contributed by atoms with Crippen LogP contribution in [-0.2, 0) is 6.54 Å². The zero-order valence-electron chi connectivity index (χ0n) is 12.9. The molecule has 0 saturated heterocycles. The number of aryl methyl sites for hydroxylation is 1. The predicted molar refractivity (Wildman–Crippen MR) is 85.9 cm³/mol. The van der Waals surface area contributed by atoms with Gasteiger partial charge in [-0.2, -0.15) is 0 Å². The van der Waals surface area contributed by atoms with Crippen LogP contribution in [0.1, 0.15) is 29.5 Å². The van der Waals surface area contributed by atoms with Crippen LogP contribution in [0.25, 0.3) is 0 Å². The van der Waals surface area contributed by atoms with E-state index in [4.69, 9.17) is 0 Å². The van der Waals surface area contributed by atoms with E-state index in [0.29, 0.717) is 0 Å². The van der Waals surface area contributed by atoms with Gasteiger partial charge in [-0.05, 0) is 44.0 Å². The fourth-order valence-electron chi connectivity index (χ4n) is 2.09. The molecule has 1 aliphatic rings. The van der Waals surface area contributed by atoms with E-state index >= 15 is 0 Å². The lowest BCUT2D eigenvalue weighted by atomic mass is 10.1. The lowest BCUT2D eigenvalue weighted by Crippen LogP contribution is -2.20. The Balaban J connectivity index is 2.16. The molecule has 1 fully saturated rings. The molecule has 1 aromatic carbocycles. The van der Waals surface area contributed by atoms with Crippen molar-refractivity contribution in [3.05, 3.63) is 34.9 Å². The van der Waals surface area contributed by atoms with Gasteiger partial charge >= 0.3 is 0 Å². The van der Waals surface area contributed by atoms with Crippen LogP contribution in [-0.4, -0.2) is 26.1 Å². The summed E-state index contributed by atoms with van der Waals surface area (Å²) in [6.07, 6.45) is 2.73. The van der Waals surface area contributed by atoms with Crippen LogP contribution >= 0.6 is 0 Å². The van der Waals surface area contributed by atoms with E-state index in [0.717, 1.165) is 12.6 Å². The number of hydrogen-bond donors (Lipinski definition) is 0. The van der Waals surface area contributed by atoms with Gasteiger partial charge < -0.3 is 0 Å². The molecular weight excluding hydrogens is 246 g/mol. The highest BCUT2D eigenvalue weighted by Gasteiger charge is 2.25. The molecule has 19 heavy (non-hydrogen) atoms. The second-order valence-corrected chi connectivity index (χ2v) is 11.5. The average molecular weight is 271 g/mol. The van der Waals surface area contributed by atoms with E-state index in [1.54, 1.807) is 0 Å². The van der Waals surface area contributed by atoms with Crippen LogP contribution in [0.5, 0.6) is 0 Å². The smallest absolute Gasteiger partial charge is 0.129 e. The first kappa shape index (κ1) is 14.4. The maximum absolute atomic E-state index is 3.47. The summed E-state index contributed by atoms with van der Waals surface area (Å²) < 4.78 is 0. The number of hydrogen-bond acceptors (Lipinski definition) is 1. The van der Waals surface area contributed by atoms with Crippen LogP contribution in [0.3, 0.4) is 0 Å². The van der Waals surface area contributed by atoms with Gasteiger partial charge in [0.2, 0.25) is 0 Å². The van der Waals surface area contributed by atoms with Crippen molar-refractivity contribution in [3.63, 3.8) is 0 Å². The molecule has 0 aromatic heterocycles. The van der Waals surface area contributed by atoms with Crippen molar-refractivity contribution in [3.8, 4) is 11.5 Å². The Hall–Kier alpha value is -1.04. The molecule has 0 unspecified atom stereocenters. The summed E-state index contributed by atoms with van der Waals surface area (Å²) in [6.45, 7) is 10.1. The first-order valence-corrected chi connectivity index (χ1v) is 10.7. The molecule has 0 heterocycles. The van der Waals surface area contributed by atoms with Gasteiger partial charge in [0.1, 0.15) is 8.07 Å². The van der Waals surface area contributed by atoms with Crippen LogP contribution in [0.15, 0.2) is 18.2 Å². The average Bonchev–Trinajstić information content (AvgIpc) is 3.12. The lowest BCUT2D eigenvalue weighted by molar-refractivity contribution is 0.316. The summed E-state index contributed by atoms with van der Waals surface area (Å²) in [5, 5.41) is 0. The first-order chi connectivity index (χ1) is 8.85.